The van der Waals surface area contributed by atoms with Crippen molar-refractivity contribution in [2.24, 2.45) is 13.0 Å². The second-order valence-corrected chi connectivity index (χ2v) is 7.35. The summed E-state index contributed by atoms with van der Waals surface area (Å²) in [6.07, 6.45) is 4.44. The van der Waals surface area contributed by atoms with Crippen LogP contribution in [0.5, 0.6) is 0 Å². The van der Waals surface area contributed by atoms with Gasteiger partial charge in [0.1, 0.15) is 11.4 Å². The molecule has 0 amide bonds. The van der Waals surface area contributed by atoms with E-state index in [0.29, 0.717) is 18.1 Å². The van der Waals surface area contributed by atoms with Crippen LogP contribution in [-0.4, -0.2) is 52.0 Å². The Kier molecular flexibility index (Phi) is 5.33. The number of hydrogen-bond acceptors (Lipinski definition) is 7. The minimum atomic E-state index is -0.338. The normalized spacial score (nSPS) is 16.4. The summed E-state index contributed by atoms with van der Waals surface area (Å²) in [5.74, 6) is 0.995. The Morgan fingerprint density at radius 3 is 2.97 bits per heavy atom. The number of esters is 1. The fraction of sp³-hybridized carbons (Fsp3) is 0.429. The largest absolute Gasteiger partial charge is 0.462 e. The van der Waals surface area contributed by atoms with Gasteiger partial charge >= 0.3 is 5.97 Å². The molecule has 152 valence electrons. The van der Waals surface area contributed by atoms with E-state index < -0.39 is 0 Å². The van der Waals surface area contributed by atoms with Gasteiger partial charge in [0.2, 0.25) is 0 Å². The Bertz CT molecular complexity index is 1020. The van der Waals surface area contributed by atoms with E-state index in [4.69, 9.17) is 4.74 Å². The topological polar surface area (TPSA) is 85.2 Å². The summed E-state index contributed by atoms with van der Waals surface area (Å²) in [6, 6.07) is 5.85. The molecule has 0 bridgehead atoms. The van der Waals surface area contributed by atoms with E-state index in [2.05, 4.69) is 25.3 Å². The average molecular weight is 394 g/mol. The smallest absolute Gasteiger partial charge is 0.341 e. The summed E-state index contributed by atoms with van der Waals surface area (Å²) in [6.45, 7) is 6.65. The lowest BCUT2D eigenvalue weighted by Gasteiger charge is -2.22. The lowest BCUT2D eigenvalue weighted by atomic mass is 10.1. The molecule has 4 rings (SSSR count). The van der Waals surface area contributed by atoms with Crippen molar-refractivity contribution in [2.75, 3.05) is 36.5 Å². The number of fused-ring (bicyclic) bond motifs is 1. The third kappa shape index (κ3) is 3.74. The fourth-order valence-corrected chi connectivity index (χ4v) is 4.00. The molecule has 0 saturated carbocycles. The first-order valence-electron chi connectivity index (χ1n) is 9.97. The van der Waals surface area contributed by atoms with Crippen molar-refractivity contribution in [1.29, 1.82) is 0 Å². The molecule has 0 spiro atoms. The molecule has 8 nitrogen and oxygen atoms in total. The van der Waals surface area contributed by atoms with E-state index in [1.807, 2.05) is 39.1 Å². The molecule has 3 aromatic rings. The SMILES string of the molecule is CCOC(=O)c1cnc2c(c(C)nn2C)c1N1CCC(CNc2ccccn2)C1. The van der Waals surface area contributed by atoms with Gasteiger partial charge in [0.15, 0.2) is 5.65 Å². The Balaban J connectivity index is 1.62. The van der Waals surface area contributed by atoms with Gasteiger partial charge in [-0.2, -0.15) is 5.10 Å². The molecule has 3 aromatic heterocycles. The molecule has 0 aliphatic carbocycles. The van der Waals surface area contributed by atoms with E-state index >= 15 is 0 Å². The molecule has 1 aliphatic heterocycles. The van der Waals surface area contributed by atoms with Crippen LogP contribution in [0.1, 0.15) is 29.4 Å². The highest BCUT2D eigenvalue weighted by atomic mass is 16.5. The molecule has 1 saturated heterocycles. The summed E-state index contributed by atoms with van der Waals surface area (Å²) >= 11 is 0. The number of hydrogen-bond donors (Lipinski definition) is 1. The van der Waals surface area contributed by atoms with Crippen LogP contribution in [0, 0.1) is 12.8 Å². The van der Waals surface area contributed by atoms with Gasteiger partial charge in [-0.1, -0.05) is 6.07 Å². The zero-order valence-electron chi connectivity index (χ0n) is 17.1. The summed E-state index contributed by atoms with van der Waals surface area (Å²) in [7, 11) is 1.87. The maximum Gasteiger partial charge on any atom is 0.341 e. The maximum absolute atomic E-state index is 12.6. The number of carbonyl (C=O) groups excluding carboxylic acids is 1. The first kappa shape index (κ1) is 19.2. The van der Waals surface area contributed by atoms with Crippen molar-refractivity contribution < 1.29 is 9.53 Å². The van der Waals surface area contributed by atoms with Gasteiger partial charge in [0.25, 0.3) is 0 Å². The van der Waals surface area contributed by atoms with Crippen LogP contribution in [-0.2, 0) is 11.8 Å². The van der Waals surface area contributed by atoms with Crippen molar-refractivity contribution in [3.8, 4) is 0 Å². The first-order valence-corrected chi connectivity index (χ1v) is 9.97. The number of nitrogens with one attached hydrogen (secondary N) is 1. The molecule has 1 aliphatic rings. The Morgan fingerprint density at radius 1 is 1.34 bits per heavy atom. The molecule has 8 heteroatoms. The lowest BCUT2D eigenvalue weighted by Crippen LogP contribution is -2.25. The van der Waals surface area contributed by atoms with Gasteiger partial charge in [0.05, 0.1) is 23.4 Å². The monoisotopic (exact) mass is 394 g/mol. The van der Waals surface area contributed by atoms with Gasteiger partial charge in [-0.25, -0.2) is 14.8 Å². The van der Waals surface area contributed by atoms with Crippen LogP contribution in [0.2, 0.25) is 0 Å². The van der Waals surface area contributed by atoms with Gasteiger partial charge in [-0.05, 0) is 38.3 Å². The standard InChI is InChI=1S/C21H26N6O2/c1-4-29-21(28)16-12-24-20-18(14(2)25-26(20)3)19(16)27-10-8-15(13-27)11-23-17-7-5-6-9-22-17/h5-7,9,12,15H,4,8,10-11,13H2,1-3H3,(H,22,23). The number of aryl methyl sites for hydroxylation is 2. The number of ether oxygens (including phenoxy) is 1. The summed E-state index contributed by atoms with van der Waals surface area (Å²) in [5.41, 5.74) is 3.04. The Labute approximate surface area is 169 Å². The summed E-state index contributed by atoms with van der Waals surface area (Å²) in [4.78, 5) is 23.7. The number of aromatic nitrogens is 4. The number of pyridine rings is 2. The van der Waals surface area contributed by atoms with Crippen LogP contribution in [0.3, 0.4) is 0 Å². The van der Waals surface area contributed by atoms with E-state index in [0.717, 1.165) is 54.3 Å². The molecule has 4 heterocycles. The molecule has 1 atom stereocenters. The van der Waals surface area contributed by atoms with Crippen molar-refractivity contribution >= 4 is 28.5 Å². The number of carbonyl (C=O) groups is 1. The molecule has 1 N–H and O–H groups in total. The third-order valence-electron chi connectivity index (χ3n) is 5.33. The predicted octanol–water partition coefficient (Wildman–Crippen LogP) is 2.79. The van der Waals surface area contributed by atoms with Gasteiger partial charge in [-0.3, -0.25) is 4.68 Å². The van der Waals surface area contributed by atoms with Crippen LogP contribution < -0.4 is 10.2 Å². The third-order valence-corrected chi connectivity index (χ3v) is 5.33. The highest BCUT2D eigenvalue weighted by Crippen LogP contribution is 2.35. The first-order chi connectivity index (χ1) is 14.1. The van der Waals surface area contributed by atoms with Crippen LogP contribution in [0.4, 0.5) is 11.5 Å². The van der Waals surface area contributed by atoms with Crippen molar-refractivity contribution in [2.45, 2.75) is 20.3 Å². The molecule has 29 heavy (non-hydrogen) atoms. The molecule has 1 unspecified atom stereocenters. The van der Waals surface area contributed by atoms with E-state index in [1.165, 1.54) is 0 Å². The number of anilines is 2. The molecular formula is C21H26N6O2. The average Bonchev–Trinajstić information content (AvgIpc) is 3.31. The zero-order valence-corrected chi connectivity index (χ0v) is 17.1. The molecule has 0 radical (unpaired) electrons. The van der Waals surface area contributed by atoms with Crippen molar-refractivity contribution in [3.63, 3.8) is 0 Å². The van der Waals surface area contributed by atoms with E-state index in [-0.39, 0.29) is 5.97 Å². The highest BCUT2D eigenvalue weighted by molar-refractivity contribution is 6.05. The minimum Gasteiger partial charge on any atom is -0.462 e. The number of rotatable bonds is 6. The molecule has 0 aromatic carbocycles. The lowest BCUT2D eigenvalue weighted by molar-refractivity contribution is 0.0527. The van der Waals surface area contributed by atoms with Crippen LogP contribution in [0.15, 0.2) is 30.6 Å². The van der Waals surface area contributed by atoms with Gasteiger partial charge < -0.3 is 15.0 Å². The second kappa shape index (κ2) is 8.06. The van der Waals surface area contributed by atoms with Crippen LogP contribution >= 0.6 is 0 Å². The van der Waals surface area contributed by atoms with Crippen molar-refractivity contribution in [1.82, 2.24) is 19.7 Å². The number of nitrogens with zero attached hydrogens (tertiary/aromatic N) is 5. The van der Waals surface area contributed by atoms with Gasteiger partial charge in [-0.15, -0.1) is 0 Å². The fourth-order valence-electron chi connectivity index (χ4n) is 4.00. The van der Waals surface area contributed by atoms with Crippen LogP contribution in [0.25, 0.3) is 11.0 Å². The maximum atomic E-state index is 12.6. The summed E-state index contributed by atoms with van der Waals surface area (Å²) < 4.78 is 7.07. The second-order valence-electron chi connectivity index (χ2n) is 7.35. The Hall–Kier alpha value is -3.16. The van der Waals surface area contributed by atoms with Gasteiger partial charge in [0, 0.05) is 39.1 Å². The minimum absolute atomic E-state index is 0.332. The predicted molar refractivity (Wildman–Crippen MR) is 112 cm³/mol. The summed E-state index contributed by atoms with van der Waals surface area (Å²) in [5, 5.41) is 8.86. The van der Waals surface area contributed by atoms with Crippen molar-refractivity contribution in [3.05, 3.63) is 41.9 Å². The zero-order chi connectivity index (χ0) is 20.4. The quantitative estimate of drug-likeness (QED) is 0.644. The molecular weight excluding hydrogens is 368 g/mol. The Morgan fingerprint density at radius 2 is 2.21 bits per heavy atom. The van der Waals surface area contributed by atoms with E-state index in [1.54, 1.807) is 17.1 Å². The highest BCUT2D eigenvalue weighted by Gasteiger charge is 2.30. The molecule has 1 fully saturated rings. The van der Waals surface area contributed by atoms with E-state index in [9.17, 15) is 4.79 Å².